The molecule has 5 rings (SSSR count). The molecule has 0 fully saturated rings. The van der Waals surface area contributed by atoms with E-state index in [9.17, 15) is 0 Å². The summed E-state index contributed by atoms with van der Waals surface area (Å²) in [4.78, 5) is 15.7. The molecule has 4 aromatic rings. The fourth-order valence-electron chi connectivity index (χ4n) is 3.75. The maximum atomic E-state index is 5.74. The standard InChI is InChI=1S/C24H25N5O3/c1-28(2)9-4-10-31-24-8-7-17(11-27-24)20-14-29-21(12-26-23(29)13-25-20)18-5-3-6-22-19(18)15-30-16-32-22/h3,5-8,11-14H,4,9-10,15-16H2,1-2H3. The third kappa shape index (κ3) is 4.15. The molecule has 0 saturated carbocycles. The van der Waals surface area contributed by atoms with Crippen LogP contribution in [0, 0.1) is 0 Å². The molecular weight excluding hydrogens is 406 g/mol. The van der Waals surface area contributed by atoms with Crippen LogP contribution in [-0.4, -0.2) is 58.3 Å². The second-order valence-corrected chi connectivity index (χ2v) is 7.93. The Labute approximate surface area is 186 Å². The second kappa shape index (κ2) is 8.94. The van der Waals surface area contributed by atoms with E-state index in [1.807, 2.05) is 41.1 Å². The highest BCUT2D eigenvalue weighted by Crippen LogP contribution is 2.34. The van der Waals surface area contributed by atoms with Gasteiger partial charge in [-0.15, -0.1) is 0 Å². The smallest absolute Gasteiger partial charge is 0.213 e. The van der Waals surface area contributed by atoms with Crippen LogP contribution in [0.25, 0.3) is 28.2 Å². The molecule has 164 valence electrons. The number of nitrogens with zero attached hydrogens (tertiary/aromatic N) is 5. The Balaban J connectivity index is 1.41. The Kier molecular flexibility index (Phi) is 5.70. The van der Waals surface area contributed by atoms with Gasteiger partial charge in [-0.2, -0.15) is 0 Å². The molecule has 0 atom stereocenters. The van der Waals surface area contributed by atoms with E-state index in [0.717, 1.165) is 52.4 Å². The zero-order chi connectivity index (χ0) is 21.9. The summed E-state index contributed by atoms with van der Waals surface area (Å²) in [6.45, 7) is 2.41. The summed E-state index contributed by atoms with van der Waals surface area (Å²) in [7, 11) is 4.10. The van der Waals surface area contributed by atoms with Crippen molar-refractivity contribution in [2.45, 2.75) is 13.0 Å². The van der Waals surface area contributed by atoms with Crippen molar-refractivity contribution in [3.05, 3.63) is 60.7 Å². The van der Waals surface area contributed by atoms with Gasteiger partial charge in [0.2, 0.25) is 5.88 Å². The summed E-state index contributed by atoms with van der Waals surface area (Å²) in [5, 5.41) is 0. The van der Waals surface area contributed by atoms with Gasteiger partial charge >= 0.3 is 0 Å². The lowest BCUT2D eigenvalue weighted by atomic mass is 10.0. The predicted molar refractivity (Wildman–Crippen MR) is 121 cm³/mol. The molecular formula is C24H25N5O3. The Morgan fingerprint density at radius 2 is 2.00 bits per heavy atom. The van der Waals surface area contributed by atoms with Crippen LogP contribution in [0.2, 0.25) is 0 Å². The lowest BCUT2D eigenvalue weighted by Crippen LogP contribution is -2.15. The van der Waals surface area contributed by atoms with Crippen molar-refractivity contribution in [1.29, 1.82) is 0 Å². The number of pyridine rings is 1. The summed E-state index contributed by atoms with van der Waals surface area (Å²) in [6, 6.07) is 9.87. The summed E-state index contributed by atoms with van der Waals surface area (Å²) in [6.07, 6.45) is 8.35. The maximum Gasteiger partial charge on any atom is 0.213 e. The highest BCUT2D eigenvalue weighted by molar-refractivity contribution is 5.71. The SMILES string of the molecule is CN(C)CCCOc1ccc(-c2cn3c(-c4cccc5c4COCO5)cnc3cn2)cn1. The van der Waals surface area contributed by atoms with Crippen molar-refractivity contribution < 1.29 is 14.2 Å². The molecule has 0 amide bonds. The van der Waals surface area contributed by atoms with Crippen LogP contribution in [0.4, 0.5) is 0 Å². The van der Waals surface area contributed by atoms with Crippen LogP contribution in [0.3, 0.4) is 0 Å². The first-order valence-electron chi connectivity index (χ1n) is 10.6. The van der Waals surface area contributed by atoms with Crippen molar-refractivity contribution >= 4 is 5.65 Å². The number of aromatic nitrogens is 4. The fourth-order valence-corrected chi connectivity index (χ4v) is 3.75. The van der Waals surface area contributed by atoms with Gasteiger partial charge < -0.3 is 19.1 Å². The average Bonchev–Trinajstić information content (AvgIpc) is 3.25. The minimum absolute atomic E-state index is 0.278. The lowest BCUT2D eigenvalue weighted by Gasteiger charge is -2.20. The van der Waals surface area contributed by atoms with Crippen LogP contribution in [-0.2, 0) is 11.3 Å². The van der Waals surface area contributed by atoms with E-state index >= 15 is 0 Å². The molecule has 0 aliphatic carbocycles. The fraction of sp³-hybridized carbons (Fsp3) is 0.292. The Morgan fingerprint density at radius 1 is 1.06 bits per heavy atom. The Bertz CT molecular complexity index is 1220. The summed E-state index contributed by atoms with van der Waals surface area (Å²) < 4.78 is 18.9. The van der Waals surface area contributed by atoms with E-state index in [2.05, 4.69) is 40.0 Å². The second-order valence-electron chi connectivity index (χ2n) is 7.93. The van der Waals surface area contributed by atoms with Gasteiger partial charge in [-0.05, 0) is 32.6 Å². The van der Waals surface area contributed by atoms with Crippen LogP contribution >= 0.6 is 0 Å². The van der Waals surface area contributed by atoms with Crippen molar-refractivity contribution in [3.8, 4) is 34.1 Å². The van der Waals surface area contributed by atoms with Crippen molar-refractivity contribution in [1.82, 2.24) is 24.3 Å². The van der Waals surface area contributed by atoms with E-state index in [1.54, 1.807) is 12.4 Å². The van der Waals surface area contributed by atoms with Gasteiger partial charge in [0.25, 0.3) is 0 Å². The summed E-state index contributed by atoms with van der Waals surface area (Å²) in [5.74, 6) is 1.47. The van der Waals surface area contributed by atoms with Crippen LogP contribution in [0.15, 0.2) is 55.1 Å². The zero-order valence-corrected chi connectivity index (χ0v) is 18.2. The maximum absolute atomic E-state index is 5.74. The first-order chi connectivity index (χ1) is 15.7. The van der Waals surface area contributed by atoms with E-state index < -0.39 is 0 Å². The molecule has 0 unspecified atom stereocenters. The molecule has 1 aromatic carbocycles. The van der Waals surface area contributed by atoms with Gasteiger partial charge in [0.05, 0.1) is 37.0 Å². The van der Waals surface area contributed by atoms with Crippen LogP contribution in [0.1, 0.15) is 12.0 Å². The molecule has 4 heterocycles. The molecule has 0 spiro atoms. The highest BCUT2D eigenvalue weighted by atomic mass is 16.7. The topological polar surface area (TPSA) is 74.0 Å². The van der Waals surface area contributed by atoms with Gasteiger partial charge in [-0.1, -0.05) is 12.1 Å². The minimum Gasteiger partial charge on any atom is -0.478 e. The van der Waals surface area contributed by atoms with E-state index in [4.69, 9.17) is 14.2 Å². The molecule has 8 heteroatoms. The van der Waals surface area contributed by atoms with E-state index in [-0.39, 0.29) is 6.79 Å². The molecule has 0 saturated heterocycles. The van der Waals surface area contributed by atoms with Gasteiger partial charge in [0.1, 0.15) is 5.75 Å². The van der Waals surface area contributed by atoms with Crippen LogP contribution < -0.4 is 9.47 Å². The van der Waals surface area contributed by atoms with Gasteiger partial charge in [0, 0.05) is 41.7 Å². The third-order valence-electron chi connectivity index (χ3n) is 5.38. The molecule has 32 heavy (non-hydrogen) atoms. The largest absolute Gasteiger partial charge is 0.478 e. The average molecular weight is 431 g/mol. The quantitative estimate of drug-likeness (QED) is 0.414. The van der Waals surface area contributed by atoms with E-state index in [1.165, 1.54) is 0 Å². The first kappa shape index (κ1) is 20.4. The molecule has 1 aliphatic heterocycles. The normalized spacial score (nSPS) is 13.2. The number of rotatable bonds is 7. The van der Waals surface area contributed by atoms with Crippen molar-refractivity contribution in [3.63, 3.8) is 0 Å². The number of hydrogen-bond acceptors (Lipinski definition) is 7. The molecule has 0 bridgehead atoms. The van der Waals surface area contributed by atoms with Gasteiger partial charge in [-0.25, -0.2) is 9.97 Å². The summed E-state index contributed by atoms with van der Waals surface area (Å²) in [5.41, 5.74) is 5.51. The minimum atomic E-state index is 0.278. The molecule has 3 aromatic heterocycles. The number of ether oxygens (including phenoxy) is 3. The van der Waals surface area contributed by atoms with E-state index in [0.29, 0.717) is 19.1 Å². The number of benzene rings is 1. The molecule has 1 aliphatic rings. The number of fused-ring (bicyclic) bond motifs is 2. The van der Waals surface area contributed by atoms with Crippen molar-refractivity contribution in [2.75, 3.05) is 34.0 Å². The molecule has 0 radical (unpaired) electrons. The highest BCUT2D eigenvalue weighted by Gasteiger charge is 2.18. The third-order valence-corrected chi connectivity index (χ3v) is 5.38. The zero-order valence-electron chi connectivity index (χ0n) is 18.2. The Morgan fingerprint density at radius 3 is 2.84 bits per heavy atom. The predicted octanol–water partition coefficient (Wildman–Crippen LogP) is 3.66. The first-order valence-corrected chi connectivity index (χ1v) is 10.6. The Hall–Kier alpha value is -3.49. The van der Waals surface area contributed by atoms with Crippen LogP contribution in [0.5, 0.6) is 11.6 Å². The molecule has 0 N–H and O–H groups in total. The van der Waals surface area contributed by atoms with Gasteiger partial charge in [0.15, 0.2) is 12.4 Å². The monoisotopic (exact) mass is 431 g/mol. The number of hydrogen-bond donors (Lipinski definition) is 0. The summed E-state index contributed by atoms with van der Waals surface area (Å²) >= 11 is 0. The van der Waals surface area contributed by atoms with Gasteiger partial charge in [-0.3, -0.25) is 9.38 Å². The lowest BCUT2D eigenvalue weighted by molar-refractivity contribution is -0.0160. The van der Waals surface area contributed by atoms with Crippen molar-refractivity contribution in [2.24, 2.45) is 0 Å². The number of imidazole rings is 1. The molecule has 8 nitrogen and oxygen atoms in total.